The van der Waals surface area contributed by atoms with Crippen LogP contribution in [0, 0.1) is 0 Å². The summed E-state index contributed by atoms with van der Waals surface area (Å²) in [5, 5.41) is 0.361. The average molecular weight is 390 g/mol. The lowest BCUT2D eigenvalue weighted by Crippen LogP contribution is -2.40. The highest BCUT2D eigenvalue weighted by molar-refractivity contribution is 8.15. The van der Waals surface area contributed by atoms with Gasteiger partial charge < -0.3 is 14.2 Å². The Labute approximate surface area is 162 Å². The lowest BCUT2D eigenvalue weighted by molar-refractivity contribution is -0.141. The SMILES string of the molecule is COCCOC(=O)C1=C(C)N=C2S[C@@H](C)C(=O)N2[C@@H]1c1ccc(OC)cc1. The number of benzene rings is 1. The van der Waals surface area contributed by atoms with Crippen LogP contribution in [0.5, 0.6) is 5.75 Å². The number of carbonyl (C=O) groups is 2. The minimum Gasteiger partial charge on any atom is -0.497 e. The normalized spacial score (nSPS) is 21.9. The average Bonchev–Trinajstić information content (AvgIpc) is 2.94. The van der Waals surface area contributed by atoms with Gasteiger partial charge in [-0.2, -0.15) is 0 Å². The third kappa shape index (κ3) is 3.72. The van der Waals surface area contributed by atoms with Crippen LogP contribution in [0.3, 0.4) is 0 Å². The van der Waals surface area contributed by atoms with Crippen LogP contribution in [0.4, 0.5) is 0 Å². The fourth-order valence-electron chi connectivity index (χ4n) is 3.06. The van der Waals surface area contributed by atoms with Crippen LogP contribution in [0.15, 0.2) is 40.5 Å². The number of methoxy groups -OCH3 is 2. The van der Waals surface area contributed by atoms with Gasteiger partial charge in [-0.05, 0) is 31.5 Å². The largest absolute Gasteiger partial charge is 0.497 e. The first-order valence-electron chi connectivity index (χ1n) is 8.57. The third-order valence-corrected chi connectivity index (χ3v) is 5.48. The number of amidine groups is 1. The number of esters is 1. The maximum Gasteiger partial charge on any atom is 0.338 e. The van der Waals surface area contributed by atoms with Crippen molar-refractivity contribution in [3.63, 3.8) is 0 Å². The van der Waals surface area contributed by atoms with Crippen molar-refractivity contribution in [2.75, 3.05) is 27.4 Å². The van der Waals surface area contributed by atoms with Gasteiger partial charge in [-0.15, -0.1) is 0 Å². The number of fused-ring (bicyclic) bond motifs is 1. The molecule has 0 spiro atoms. The highest BCUT2D eigenvalue weighted by atomic mass is 32.2. The van der Waals surface area contributed by atoms with Crippen LogP contribution in [-0.4, -0.2) is 54.6 Å². The zero-order chi connectivity index (χ0) is 19.6. The zero-order valence-electron chi connectivity index (χ0n) is 15.7. The molecule has 0 aromatic heterocycles. The first kappa shape index (κ1) is 19.4. The molecule has 1 aromatic rings. The Bertz CT molecular complexity index is 803. The first-order valence-corrected chi connectivity index (χ1v) is 9.45. The summed E-state index contributed by atoms with van der Waals surface area (Å²) in [6.45, 7) is 4.04. The molecule has 0 bridgehead atoms. The molecule has 144 valence electrons. The number of aliphatic imine (C=N–C) groups is 1. The van der Waals surface area contributed by atoms with Gasteiger partial charge >= 0.3 is 5.97 Å². The van der Waals surface area contributed by atoms with Gasteiger partial charge in [-0.25, -0.2) is 9.79 Å². The maximum absolute atomic E-state index is 12.8. The molecule has 1 amide bonds. The number of amides is 1. The number of ether oxygens (including phenoxy) is 3. The fraction of sp³-hybridized carbons (Fsp3) is 0.421. The summed E-state index contributed by atoms with van der Waals surface area (Å²) in [5.74, 6) is 0.128. The lowest BCUT2D eigenvalue weighted by Gasteiger charge is -2.33. The van der Waals surface area contributed by atoms with E-state index in [2.05, 4.69) is 4.99 Å². The summed E-state index contributed by atoms with van der Waals surface area (Å²) < 4.78 is 15.5. The Morgan fingerprint density at radius 1 is 1.22 bits per heavy atom. The van der Waals surface area contributed by atoms with E-state index in [9.17, 15) is 9.59 Å². The van der Waals surface area contributed by atoms with Crippen LogP contribution in [0.2, 0.25) is 0 Å². The van der Waals surface area contributed by atoms with Crippen molar-refractivity contribution in [3.05, 3.63) is 41.1 Å². The molecule has 1 aromatic carbocycles. The molecule has 0 radical (unpaired) electrons. The van der Waals surface area contributed by atoms with Crippen LogP contribution >= 0.6 is 11.8 Å². The van der Waals surface area contributed by atoms with E-state index in [1.54, 1.807) is 31.1 Å². The molecule has 1 fully saturated rings. The summed E-state index contributed by atoms with van der Waals surface area (Å²) in [6, 6.07) is 6.73. The molecule has 0 unspecified atom stereocenters. The molecule has 27 heavy (non-hydrogen) atoms. The second-order valence-electron chi connectivity index (χ2n) is 6.17. The van der Waals surface area contributed by atoms with E-state index in [-0.39, 0.29) is 17.8 Å². The third-order valence-electron chi connectivity index (χ3n) is 4.43. The van der Waals surface area contributed by atoms with E-state index in [0.717, 1.165) is 5.56 Å². The van der Waals surface area contributed by atoms with Crippen molar-refractivity contribution in [3.8, 4) is 5.75 Å². The monoisotopic (exact) mass is 390 g/mol. The van der Waals surface area contributed by atoms with Gasteiger partial charge in [-0.3, -0.25) is 9.69 Å². The number of carbonyl (C=O) groups excluding carboxylic acids is 2. The molecule has 1 saturated heterocycles. The number of hydrogen-bond acceptors (Lipinski definition) is 7. The van der Waals surface area contributed by atoms with Crippen molar-refractivity contribution in [2.45, 2.75) is 25.1 Å². The Morgan fingerprint density at radius 3 is 2.56 bits per heavy atom. The predicted molar refractivity (Wildman–Crippen MR) is 103 cm³/mol. The minimum absolute atomic E-state index is 0.0748. The molecule has 8 heteroatoms. The van der Waals surface area contributed by atoms with Crippen LogP contribution in [0.1, 0.15) is 25.5 Å². The van der Waals surface area contributed by atoms with Gasteiger partial charge in [0.15, 0.2) is 5.17 Å². The van der Waals surface area contributed by atoms with E-state index in [0.29, 0.717) is 28.8 Å². The van der Waals surface area contributed by atoms with Crippen molar-refractivity contribution in [1.82, 2.24) is 4.90 Å². The number of hydrogen-bond donors (Lipinski definition) is 0. The minimum atomic E-state index is -0.580. The Hall–Kier alpha value is -2.32. The second kappa shape index (κ2) is 8.14. The molecular weight excluding hydrogens is 368 g/mol. The fourth-order valence-corrected chi connectivity index (χ4v) is 4.09. The first-order chi connectivity index (χ1) is 13.0. The summed E-state index contributed by atoms with van der Waals surface area (Å²) in [7, 11) is 3.13. The second-order valence-corrected chi connectivity index (χ2v) is 7.47. The molecule has 2 aliphatic rings. The quantitative estimate of drug-likeness (QED) is 0.549. The summed E-state index contributed by atoms with van der Waals surface area (Å²) in [6.07, 6.45) is 0. The van der Waals surface area contributed by atoms with Crippen LogP contribution < -0.4 is 4.74 Å². The van der Waals surface area contributed by atoms with Gasteiger partial charge in [0.1, 0.15) is 12.4 Å². The molecule has 7 nitrogen and oxygen atoms in total. The molecule has 0 aliphatic carbocycles. The van der Waals surface area contributed by atoms with Crippen molar-refractivity contribution in [1.29, 1.82) is 0 Å². The van der Waals surface area contributed by atoms with Gasteiger partial charge in [0, 0.05) is 7.11 Å². The van der Waals surface area contributed by atoms with E-state index < -0.39 is 12.0 Å². The lowest BCUT2D eigenvalue weighted by atomic mass is 9.94. The topological polar surface area (TPSA) is 77.4 Å². The zero-order valence-corrected chi connectivity index (χ0v) is 16.5. The van der Waals surface area contributed by atoms with E-state index in [4.69, 9.17) is 14.2 Å². The number of allylic oxidation sites excluding steroid dienone is 1. The van der Waals surface area contributed by atoms with E-state index in [1.807, 2.05) is 19.1 Å². The summed E-state index contributed by atoms with van der Waals surface area (Å²) in [5.41, 5.74) is 1.71. The van der Waals surface area contributed by atoms with Crippen LogP contribution in [-0.2, 0) is 19.1 Å². The van der Waals surface area contributed by atoms with Gasteiger partial charge in [0.05, 0.1) is 36.3 Å². The van der Waals surface area contributed by atoms with Crippen molar-refractivity contribution < 1.29 is 23.8 Å². The highest BCUT2D eigenvalue weighted by Crippen LogP contribution is 2.43. The van der Waals surface area contributed by atoms with Gasteiger partial charge in [0.25, 0.3) is 0 Å². The molecule has 2 heterocycles. The Balaban J connectivity index is 2.03. The van der Waals surface area contributed by atoms with Crippen molar-refractivity contribution >= 4 is 28.8 Å². The number of nitrogens with zero attached hydrogens (tertiary/aromatic N) is 2. The van der Waals surface area contributed by atoms with Gasteiger partial charge in [0.2, 0.25) is 5.91 Å². The number of rotatable bonds is 6. The molecule has 2 atom stereocenters. The maximum atomic E-state index is 12.8. The molecule has 0 N–H and O–H groups in total. The summed E-state index contributed by atoms with van der Waals surface area (Å²) in [4.78, 5) is 31.7. The van der Waals surface area contributed by atoms with Crippen LogP contribution in [0.25, 0.3) is 0 Å². The Kier molecular flexibility index (Phi) is 5.86. The highest BCUT2D eigenvalue weighted by Gasteiger charge is 2.46. The van der Waals surface area contributed by atoms with E-state index in [1.165, 1.54) is 18.9 Å². The molecule has 3 rings (SSSR count). The smallest absolute Gasteiger partial charge is 0.338 e. The number of thioether (sulfide) groups is 1. The molecule has 2 aliphatic heterocycles. The van der Waals surface area contributed by atoms with E-state index >= 15 is 0 Å². The Morgan fingerprint density at radius 2 is 1.93 bits per heavy atom. The summed E-state index contributed by atoms with van der Waals surface area (Å²) >= 11 is 1.40. The predicted octanol–water partition coefficient (Wildman–Crippen LogP) is 2.53. The van der Waals surface area contributed by atoms with Gasteiger partial charge in [-0.1, -0.05) is 23.9 Å². The molecular formula is C19H22N2O5S. The standard InChI is InChI=1S/C19H22N2O5S/c1-11-15(18(23)26-10-9-24-3)16(13-5-7-14(25-4)8-6-13)21-17(22)12(2)27-19(21)20-11/h5-8,12,16H,9-10H2,1-4H3/t12-,16+/m0/s1. The van der Waals surface area contributed by atoms with Crippen molar-refractivity contribution in [2.24, 2.45) is 4.99 Å². The molecule has 0 saturated carbocycles.